The zero-order valence-corrected chi connectivity index (χ0v) is 15.0. The van der Waals surface area contributed by atoms with Crippen molar-refractivity contribution in [3.8, 4) is 22.9 Å². The number of hydrogen-bond acceptors (Lipinski definition) is 4. The van der Waals surface area contributed by atoms with Gasteiger partial charge in [-0.2, -0.15) is 5.26 Å². The second-order valence-electron chi connectivity index (χ2n) is 6.01. The fourth-order valence-corrected chi connectivity index (χ4v) is 2.51. The Kier molecular flexibility index (Phi) is 7.45. The maximum atomic E-state index is 11.1. The molecule has 4 heteroatoms. The van der Waals surface area contributed by atoms with Crippen LogP contribution in [-0.4, -0.2) is 18.7 Å². The number of nitriles is 1. The third-order valence-electron chi connectivity index (χ3n) is 3.96. The summed E-state index contributed by atoms with van der Waals surface area (Å²) in [6.45, 7) is 5.89. The van der Waals surface area contributed by atoms with Crippen molar-refractivity contribution in [2.75, 3.05) is 6.61 Å². The molecular weight excluding hydrogens is 326 g/mol. The molecular formula is C22H23NO3. The average molecular weight is 349 g/mol. The van der Waals surface area contributed by atoms with Gasteiger partial charge in [0.15, 0.2) is 0 Å². The van der Waals surface area contributed by atoms with Gasteiger partial charge >= 0.3 is 5.97 Å². The molecule has 0 heterocycles. The number of rotatable bonds is 9. The Morgan fingerprint density at radius 1 is 1.12 bits per heavy atom. The molecule has 0 aliphatic heterocycles. The molecule has 0 unspecified atom stereocenters. The van der Waals surface area contributed by atoms with Crippen LogP contribution in [0.4, 0.5) is 0 Å². The smallest absolute Gasteiger partial charge is 0.330 e. The van der Waals surface area contributed by atoms with E-state index in [1.807, 2.05) is 55.5 Å². The molecule has 2 aromatic carbocycles. The van der Waals surface area contributed by atoms with E-state index < -0.39 is 0 Å². The minimum Gasteiger partial charge on any atom is -0.494 e. The molecule has 0 saturated heterocycles. The Morgan fingerprint density at radius 2 is 1.73 bits per heavy atom. The molecule has 0 radical (unpaired) electrons. The van der Waals surface area contributed by atoms with Crippen LogP contribution in [0.15, 0.2) is 61.2 Å². The van der Waals surface area contributed by atoms with Crippen molar-refractivity contribution in [1.82, 2.24) is 0 Å². The van der Waals surface area contributed by atoms with E-state index in [0.717, 1.165) is 36.1 Å². The number of ether oxygens (including phenoxy) is 2. The van der Waals surface area contributed by atoms with E-state index in [9.17, 15) is 4.79 Å². The van der Waals surface area contributed by atoms with Crippen molar-refractivity contribution in [3.05, 3.63) is 66.7 Å². The third-order valence-corrected chi connectivity index (χ3v) is 3.96. The summed E-state index contributed by atoms with van der Waals surface area (Å²) in [4.78, 5) is 11.1. The van der Waals surface area contributed by atoms with Crippen LogP contribution in [-0.2, 0) is 9.53 Å². The van der Waals surface area contributed by atoms with E-state index in [1.54, 1.807) is 0 Å². The Hall–Kier alpha value is -3.06. The van der Waals surface area contributed by atoms with Gasteiger partial charge in [0, 0.05) is 6.08 Å². The number of carbonyl (C=O) groups is 1. The lowest BCUT2D eigenvalue weighted by molar-refractivity contribution is -0.142. The van der Waals surface area contributed by atoms with Crippen molar-refractivity contribution >= 4 is 5.97 Å². The number of unbranched alkanes of at least 4 members (excludes halogenated alkanes) is 1. The molecule has 0 aliphatic rings. The van der Waals surface area contributed by atoms with Gasteiger partial charge in [0.25, 0.3) is 0 Å². The van der Waals surface area contributed by atoms with Crippen molar-refractivity contribution in [2.24, 2.45) is 0 Å². The maximum absolute atomic E-state index is 11.1. The monoisotopic (exact) mass is 349 g/mol. The zero-order valence-electron chi connectivity index (χ0n) is 15.0. The number of esters is 1. The summed E-state index contributed by atoms with van der Waals surface area (Å²) < 4.78 is 10.9. The fourth-order valence-electron chi connectivity index (χ4n) is 2.51. The van der Waals surface area contributed by atoms with Gasteiger partial charge in [-0.15, -0.1) is 0 Å². The largest absolute Gasteiger partial charge is 0.494 e. The molecule has 0 bridgehead atoms. The van der Waals surface area contributed by atoms with Crippen molar-refractivity contribution < 1.29 is 14.3 Å². The van der Waals surface area contributed by atoms with Crippen molar-refractivity contribution in [1.29, 1.82) is 5.26 Å². The highest BCUT2D eigenvalue weighted by Crippen LogP contribution is 2.23. The zero-order chi connectivity index (χ0) is 18.8. The van der Waals surface area contributed by atoms with Crippen LogP contribution in [0.25, 0.3) is 11.1 Å². The molecule has 0 N–H and O–H groups in total. The van der Waals surface area contributed by atoms with Crippen LogP contribution in [0.2, 0.25) is 0 Å². The summed E-state index contributed by atoms with van der Waals surface area (Å²) >= 11 is 0. The predicted molar refractivity (Wildman–Crippen MR) is 102 cm³/mol. The van der Waals surface area contributed by atoms with Gasteiger partial charge in [-0.25, -0.2) is 4.79 Å². The molecule has 26 heavy (non-hydrogen) atoms. The first kappa shape index (κ1) is 19.3. The molecule has 0 fully saturated rings. The molecule has 2 rings (SSSR count). The van der Waals surface area contributed by atoms with Gasteiger partial charge < -0.3 is 9.47 Å². The van der Waals surface area contributed by atoms with Crippen molar-refractivity contribution in [2.45, 2.75) is 32.3 Å². The topological polar surface area (TPSA) is 59.3 Å². The van der Waals surface area contributed by atoms with Crippen LogP contribution in [0.1, 0.15) is 31.7 Å². The molecule has 1 atom stereocenters. The van der Waals surface area contributed by atoms with E-state index in [2.05, 4.69) is 12.6 Å². The summed E-state index contributed by atoms with van der Waals surface area (Å²) in [6, 6.07) is 17.5. The minimum atomic E-state index is -0.379. The molecule has 0 aromatic heterocycles. The predicted octanol–water partition coefficient (Wildman–Crippen LogP) is 4.89. The lowest BCUT2D eigenvalue weighted by atomic mass is 10.0. The molecule has 134 valence electrons. The first-order valence-electron chi connectivity index (χ1n) is 8.69. The van der Waals surface area contributed by atoms with Gasteiger partial charge in [-0.1, -0.05) is 30.8 Å². The van der Waals surface area contributed by atoms with Crippen LogP contribution < -0.4 is 4.74 Å². The van der Waals surface area contributed by atoms with Gasteiger partial charge in [0.2, 0.25) is 0 Å². The minimum absolute atomic E-state index is 0.104. The van der Waals surface area contributed by atoms with E-state index in [0.29, 0.717) is 12.2 Å². The highest BCUT2D eigenvalue weighted by atomic mass is 16.5. The fraction of sp³-hybridized carbons (Fsp3) is 0.273. The molecule has 0 spiro atoms. The first-order valence-corrected chi connectivity index (χ1v) is 8.69. The summed E-state index contributed by atoms with van der Waals surface area (Å²) in [5.74, 6) is 0.449. The Balaban J connectivity index is 1.73. The molecule has 2 aromatic rings. The van der Waals surface area contributed by atoms with Gasteiger partial charge in [0.1, 0.15) is 5.75 Å². The van der Waals surface area contributed by atoms with Gasteiger partial charge in [-0.3, -0.25) is 0 Å². The summed E-state index contributed by atoms with van der Waals surface area (Å²) in [5, 5.41) is 8.84. The van der Waals surface area contributed by atoms with Crippen LogP contribution in [0.5, 0.6) is 5.75 Å². The Morgan fingerprint density at radius 3 is 2.31 bits per heavy atom. The number of benzene rings is 2. The van der Waals surface area contributed by atoms with Crippen LogP contribution in [0.3, 0.4) is 0 Å². The highest BCUT2D eigenvalue weighted by molar-refractivity contribution is 5.81. The average Bonchev–Trinajstić information content (AvgIpc) is 2.68. The van der Waals surface area contributed by atoms with Crippen LogP contribution >= 0.6 is 0 Å². The maximum Gasteiger partial charge on any atom is 0.330 e. The lowest BCUT2D eigenvalue weighted by Crippen LogP contribution is -2.13. The summed E-state index contributed by atoms with van der Waals surface area (Å²) in [6.07, 6.45) is 3.71. The number of carbonyl (C=O) groups excluding carboxylic acids is 1. The van der Waals surface area contributed by atoms with Crippen LogP contribution in [0, 0.1) is 11.3 Å². The standard InChI is InChI=1S/C22H23NO3/c1-3-22(24)26-17(2)6-4-5-15-25-21-13-11-20(12-14-21)19-9-7-18(16-23)8-10-19/h3,7-14,17H,1,4-6,15H2,2H3/t17-/m0/s1. The molecule has 0 aliphatic carbocycles. The normalized spacial score (nSPS) is 11.2. The second kappa shape index (κ2) is 10.0. The van der Waals surface area contributed by atoms with E-state index >= 15 is 0 Å². The number of nitrogens with zero attached hydrogens (tertiary/aromatic N) is 1. The molecule has 4 nitrogen and oxygen atoms in total. The van der Waals surface area contributed by atoms with E-state index in [1.165, 1.54) is 6.08 Å². The van der Waals surface area contributed by atoms with E-state index in [-0.39, 0.29) is 12.1 Å². The Bertz CT molecular complexity index is 757. The van der Waals surface area contributed by atoms with Gasteiger partial charge in [0.05, 0.1) is 24.3 Å². The molecule has 0 saturated carbocycles. The molecule has 0 amide bonds. The number of hydrogen-bond donors (Lipinski definition) is 0. The first-order chi connectivity index (χ1) is 12.6. The van der Waals surface area contributed by atoms with Crippen molar-refractivity contribution in [3.63, 3.8) is 0 Å². The summed E-state index contributed by atoms with van der Waals surface area (Å²) in [7, 11) is 0. The third kappa shape index (κ3) is 6.10. The second-order valence-corrected chi connectivity index (χ2v) is 6.01. The Labute approximate surface area is 154 Å². The summed E-state index contributed by atoms with van der Waals surface area (Å²) in [5.41, 5.74) is 2.81. The van der Waals surface area contributed by atoms with Gasteiger partial charge in [-0.05, 0) is 61.6 Å². The quantitative estimate of drug-likeness (QED) is 0.367. The lowest BCUT2D eigenvalue weighted by Gasteiger charge is -2.12. The SMILES string of the molecule is C=CC(=O)O[C@@H](C)CCCCOc1ccc(-c2ccc(C#N)cc2)cc1. The highest BCUT2D eigenvalue weighted by Gasteiger charge is 2.06. The van der Waals surface area contributed by atoms with E-state index in [4.69, 9.17) is 14.7 Å².